The third kappa shape index (κ3) is 4.99. The molecule has 0 saturated heterocycles. The molecule has 3 aromatic rings. The van der Waals surface area contributed by atoms with Crippen LogP contribution in [0.15, 0.2) is 65.8 Å². The molecule has 4 nitrogen and oxygen atoms in total. The molecule has 0 radical (unpaired) electrons. The first-order chi connectivity index (χ1) is 12.6. The molecule has 5 heteroatoms. The molecular formula is C21H23N3OS. The Balaban J connectivity index is 1.54. The van der Waals surface area contributed by atoms with Crippen LogP contribution in [0.3, 0.4) is 0 Å². The highest BCUT2D eigenvalue weighted by Crippen LogP contribution is 2.19. The number of benzene rings is 2. The second kappa shape index (κ2) is 8.72. The van der Waals surface area contributed by atoms with Gasteiger partial charge >= 0.3 is 0 Å². The molecule has 1 N–H and O–H groups in total. The second-order valence-electron chi connectivity index (χ2n) is 6.30. The highest BCUT2D eigenvalue weighted by atomic mass is 32.2. The number of aryl methyl sites for hydroxylation is 1. The SMILES string of the molecule is Cc1[nH]c(SCC(=O)N(C)Cc2ccccc2)nc1Cc1ccccc1. The summed E-state index contributed by atoms with van der Waals surface area (Å²) >= 11 is 1.46. The topological polar surface area (TPSA) is 49.0 Å². The summed E-state index contributed by atoms with van der Waals surface area (Å²) in [7, 11) is 1.84. The average Bonchev–Trinajstić information content (AvgIpc) is 3.01. The van der Waals surface area contributed by atoms with Crippen LogP contribution in [-0.4, -0.2) is 33.6 Å². The maximum Gasteiger partial charge on any atom is 0.233 e. The van der Waals surface area contributed by atoms with Crippen molar-refractivity contribution < 1.29 is 4.79 Å². The van der Waals surface area contributed by atoms with E-state index in [-0.39, 0.29) is 5.91 Å². The highest BCUT2D eigenvalue weighted by Gasteiger charge is 2.13. The number of hydrogen-bond donors (Lipinski definition) is 1. The number of amides is 1. The molecule has 0 bridgehead atoms. The fourth-order valence-corrected chi connectivity index (χ4v) is 3.56. The molecule has 1 heterocycles. The van der Waals surface area contributed by atoms with Gasteiger partial charge in [0, 0.05) is 25.7 Å². The number of aromatic amines is 1. The Morgan fingerprint density at radius 3 is 2.31 bits per heavy atom. The minimum absolute atomic E-state index is 0.0949. The zero-order valence-corrected chi connectivity index (χ0v) is 15.9. The van der Waals surface area contributed by atoms with Gasteiger partial charge in [-0.1, -0.05) is 72.4 Å². The Hall–Kier alpha value is -2.53. The Labute approximate surface area is 158 Å². The number of nitrogens with zero attached hydrogens (tertiary/aromatic N) is 2. The molecule has 26 heavy (non-hydrogen) atoms. The molecule has 0 unspecified atom stereocenters. The number of carbonyl (C=O) groups excluding carboxylic acids is 1. The van der Waals surface area contributed by atoms with E-state index in [0.717, 1.165) is 28.5 Å². The third-order valence-corrected chi connectivity index (χ3v) is 5.06. The molecule has 0 atom stereocenters. The van der Waals surface area contributed by atoms with E-state index in [1.165, 1.54) is 17.3 Å². The van der Waals surface area contributed by atoms with Crippen molar-refractivity contribution in [2.24, 2.45) is 0 Å². The molecule has 3 rings (SSSR count). The largest absolute Gasteiger partial charge is 0.341 e. The van der Waals surface area contributed by atoms with Gasteiger partial charge in [-0.15, -0.1) is 0 Å². The number of imidazole rings is 1. The van der Waals surface area contributed by atoms with Crippen molar-refractivity contribution in [1.29, 1.82) is 0 Å². The summed E-state index contributed by atoms with van der Waals surface area (Å²) in [6.45, 7) is 2.65. The number of thioether (sulfide) groups is 1. The van der Waals surface area contributed by atoms with Gasteiger partial charge in [0.2, 0.25) is 5.91 Å². The highest BCUT2D eigenvalue weighted by molar-refractivity contribution is 7.99. The van der Waals surface area contributed by atoms with Gasteiger partial charge in [-0.25, -0.2) is 4.98 Å². The van der Waals surface area contributed by atoms with Gasteiger partial charge in [0.1, 0.15) is 0 Å². The van der Waals surface area contributed by atoms with Crippen molar-refractivity contribution in [3.8, 4) is 0 Å². The van der Waals surface area contributed by atoms with Crippen molar-refractivity contribution in [2.45, 2.75) is 25.0 Å². The summed E-state index contributed by atoms with van der Waals surface area (Å²) in [6.07, 6.45) is 0.797. The van der Waals surface area contributed by atoms with E-state index >= 15 is 0 Å². The lowest BCUT2D eigenvalue weighted by Crippen LogP contribution is -2.27. The monoisotopic (exact) mass is 365 g/mol. The molecule has 0 fully saturated rings. The minimum Gasteiger partial charge on any atom is -0.341 e. The van der Waals surface area contributed by atoms with Crippen molar-refractivity contribution in [2.75, 3.05) is 12.8 Å². The first-order valence-corrected chi connectivity index (χ1v) is 9.60. The van der Waals surface area contributed by atoms with Crippen LogP contribution in [0.25, 0.3) is 0 Å². The molecule has 0 saturated carbocycles. The second-order valence-corrected chi connectivity index (χ2v) is 7.26. The first kappa shape index (κ1) is 18.3. The maximum absolute atomic E-state index is 12.4. The van der Waals surface area contributed by atoms with Crippen LogP contribution in [0.1, 0.15) is 22.5 Å². The number of hydrogen-bond acceptors (Lipinski definition) is 3. The van der Waals surface area contributed by atoms with E-state index in [0.29, 0.717) is 12.3 Å². The van der Waals surface area contributed by atoms with E-state index < -0.39 is 0 Å². The summed E-state index contributed by atoms with van der Waals surface area (Å²) < 4.78 is 0. The van der Waals surface area contributed by atoms with E-state index in [2.05, 4.69) is 22.1 Å². The fraction of sp³-hybridized carbons (Fsp3) is 0.238. The Morgan fingerprint density at radius 1 is 1.04 bits per heavy atom. The number of nitrogens with one attached hydrogen (secondary N) is 1. The Kier molecular flexibility index (Phi) is 6.12. The van der Waals surface area contributed by atoms with Crippen LogP contribution in [0.5, 0.6) is 0 Å². The molecule has 134 valence electrons. The lowest BCUT2D eigenvalue weighted by molar-refractivity contribution is -0.127. The third-order valence-electron chi connectivity index (χ3n) is 4.20. The van der Waals surface area contributed by atoms with Crippen LogP contribution in [0.4, 0.5) is 0 Å². The van der Waals surface area contributed by atoms with E-state index in [1.54, 1.807) is 4.90 Å². The normalized spacial score (nSPS) is 10.7. The number of rotatable bonds is 7. The van der Waals surface area contributed by atoms with Gasteiger partial charge in [-0.05, 0) is 18.1 Å². The molecule has 1 amide bonds. The van der Waals surface area contributed by atoms with E-state index in [9.17, 15) is 4.79 Å². The number of aromatic nitrogens is 2. The molecule has 0 aliphatic heterocycles. The standard InChI is InChI=1S/C21H23N3OS/c1-16-19(13-17-9-5-3-6-10-17)23-21(22-16)26-15-20(25)24(2)14-18-11-7-4-8-12-18/h3-12H,13-15H2,1-2H3,(H,22,23). The lowest BCUT2D eigenvalue weighted by atomic mass is 10.1. The summed E-state index contributed by atoms with van der Waals surface area (Å²) in [5.41, 5.74) is 4.45. The summed E-state index contributed by atoms with van der Waals surface area (Å²) in [5, 5.41) is 0.801. The summed E-state index contributed by atoms with van der Waals surface area (Å²) in [6, 6.07) is 20.3. The minimum atomic E-state index is 0.0949. The zero-order chi connectivity index (χ0) is 18.4. The lowest BCUT2D eigenvalue weighted by Gasteiger charge is -2.16. The zero-order valence-electron chi connectivity index (χ0n) is 15.1. The van der Waals surface area contributed by atoms with Gasteiger partial charge in [0.25, 0.3) is 0 Å². The predicted octanol–water partition coefficient (Wildman–Crippen LogP) is 4.06. The molecular weight excluding hydrogens is 342 g/mol. The summed E-state index contributed by atoms with van der Waals surface area (Å²) in [4.78, 5) is 22.1. The molecule has 0 spiro atoms. The molecule has 0 aliphatic carbocycles. The predicted molar refractivity (Wildman–Crippen MR) is 106 cm³/mol. The smallest absolute Gasteiger partial charge is 0.233 e. The average molecular weight is 366 g/mol. The van der Waals surface area contributed by atoms with Gasteiger partial charge in [0.05, 0.1) is 11.4 Å². The molecule has 2 aromatic carbocycles. The van der Waals surface area contributed by atoms with Crippen molar-refractivity contribution in [3.63, 3.8) is 0 Å². The van der Waals surface area contributed by atoms with Crippen LogP contribution in [-0.2, 0) is 17.8 Å². The van der Waals surface area contributed by atoms with Crippen LogP contribution in [0, 0.1) is 6.92 Å². The molecule has 0 aliphatic rings. The van der Waals surface area contributed by atoms with Crippen molar-refractivity contribution >= 4 is 17.7 Å². The summed E-state index contributed by atoms with van der Waals surface area (Å²) in [5.74, 6) is 0.471. The van der Waals surface area contributed by atoms with Gasteiger partial charge < -0.3 is 9.88 Å². The fourth-order valence-electron chi connectivity index (χ4n) is 2.68. The Morgan fingerprint density at radius 2 is 1.65 bits per heavy atom. The Bertz CT molecular complexity index is 846. The van der Waals surface area contributed by atoms with E-state index in [4.69, 9.17) is 0 Å². The van der Waals surface area contributed by atoms with Gasteiger partial charge in [-0.2, -0.15) is 0 Å². The number of carbonyl (C=O) groups is 1. The van der Waals surface area contributed by atoms with Crippen LogP contribution < -0.4 is 0 Å². The van der Waals surface area contributed by atoms with Crippen molar-refractivity contribution in [1.82, 2.24) is 14.9 Å². The van der Waals surface area contributed by atoms with E-state index in [1.807, 2.05) is 62.5 Å². The van der Waals surface area contributed by atoms with Gasteiger partial charge in [-0.3, -0.25) is 4.79 Å². The van der Waals surface area contributed by atoms with Crippen molar-refractivity contribution in [3.05, 3.63) is 83.2 Å². The molecule has 1 aromatic heterocycles. The maximum atomic E-state index is 12.4. The van der Waals surface area contributed by atoms with Gasteiger partial charge in [0.15, 0.2) is 5.16 Å². The van der Waals surface area contributed by atoms with Crippen LogP contribution in [0.2, 0.25) is 0 Å². The first-order valence-electron chi connectivity index (χ1n) is 8.62. The number of H-pyrrole nitrogens is 1. The quantitative estimate of drug-likeness (QED) is 0.642. The van der Waals surface area contributed by atoms with Crippen LogP contribution >= 0.6 is 11.8 Å².